The van der Waals surface area contributed by atoms with E-state index in [1.807, 2.05) is 0 Å². The third kappa shape index (κ3) is 4.28. The average molecular weight is 293 g/mol. The zero-order valence-electron chi connectivity index (χ0n) is 12.2. The molecule has 1 heterocycles. The fourth-order valence-corrected chi connectivity index (χ4v) is 3.04. The van der Waals surface area contributed by atoms with Crippen molar-refractivity contribution in [2.75, 3.05) is 26.2 Å². The summed E-state index contributed by atoms with van der Waals surface area (Å²) in [5.41, 5.74) is 1.12. The number of likely N-dealkylation sites (N-methyl/N-ethyl adjacent to an activating group) is 1. The third-order valence-corrected chi connectivity index (χ3v) is 4.34. The van der Waals surface area contributed by atoms with Crippen molar-refractivity contribution in [3.05, 3.63) is 34.5 Å². The fourth-order valence-electron chi connectivity index (χ4n) is 2.26. The molecule has 20 heavy (non-hydrogen) atoms. The number of hydrogen-bond acceptors (Lipinski definition) is 4. The van der Waals surface area contributed by atoms with Gasteiger partial charge < -0.3 is 14.7 Å². The van der Waals surface area contributed by atoms with Gasteiger partial charge in [-0.25, -0.2) is 0 Å². The molecule has 1 atom stereocenters. The number of aliphatic hydroxyl groups excluding tert-OH is 1. The van der Waals surface area contributed by atoms with E-state index < -0.39 is 6.29 Å². The van der Waals surface area contributed by atoms with E-state index in [0.717, 1.165) is 25.2 Å². The summed E-state index contributed by atoms with van der Waals surface area (Å²) in [5.74, 6) is 0. The molecule has 2 rings (SSSR count). The quantitative estimate of drug-likeness (QED) is 0.759. The van der Waals surface area contributed by atoms with E-state index in [4.69, 9.17) is 4.74 Å². The zero-order chi connectivity index (χ0) is 14.4. The van der Waals surface area contributed by atoms with Gasteiger partial charge in [0, 0.05) is 13.0 Å². The number of aliphatic hydroxyl groups is 1. The Bertz CT molecular complexity index is 522. The molecule has 0 aliphatic carbocycles. The lowest BCUT2D eigenvalue weighted by Gasteiger charge is -2.19. The molecule has 4 heteroatoms. The van der Waals surface area contributed by atoms with Gasteiger partial charge in [-0.05, 0) is 40.2 Å². The largest absolute Gasteiger partial charge is 0.368 e. The number of hydrogen-bond donors (Lipinski definition) is 1. The monoisotopic (exact) mass is 293 g/mol. The molecule has 2 aromatic rings. The van der Waals surface area contributed by atoms with E-state index in [0.29, 0.717) is 13.0 Å². The topological polar surface area (TPSA) is 32.7 Å². The molecule has 0 saturated carbocycles. The summed E-state index contributed by atoms with van der Waals surface area (Å²) >= 11 is 1.70. The summed E-state index contributed by atoms with van der Waals surface area (Å²) in [6, 6.07) is 6.29. The number of thiophene rings is 1. The molecule has 1 aromatic carbocycles. The summed E-state index contributed by atoms with van der Waals surface area (Å²) in [6.45, 7) is 7.75. The van der Waals surface area contributed by atoms with Crippen LogP contribution >= 0.6 is 11.3 Å². The van der Waals surface area contributed by atoms with Crippen LogP contribution in [0.25, 0.3) is 10.8 Å². The van der Waals surface area contributed by atoms with Crippen LogP contribution in [0.3, 0.4) is 0 Å². The first-order valence-corrected chi connectivity index (χ1v) is 8.14. The highest BCUT2D eigenvalue weighted by molar-refractivity contribution is 7.09. The molecule has 0 saturated heterocycles. The second-order valence-corrected chi connectivity index (χ2v) is 5.64. The molecule has 3 nitrogen and oxygen atoms in total. The molecule has 0 amide bonds. The minimum Gasteiger partial charge on any atom is -0.368 e. The van der Waals surface area contributed by atoms with Gasteiger partial charge in [-0.15, -0.1) is 0 Å². The van der Waals surface area contributed by atoms with Crippen molar-refractivity contribution >= 4 is 22.1 Å². The zero-order valence-corrected chi connectivity index (χ0v) is 13.0. The number of nitrogens with zero attached hydrogens (tertiary/aromatic N) is 1. The summed E-state index contributed by atoms with van der Waals surface area (Å²) < 4.78 is 5.49. The Morgan fingerprint density at radius 2 is 1.95 bits per heavy atom. The van der Waals surface area contributed by atoms with Crippen molar-refractivity contribution in [2.45, 2.75) is 26.6 Å². The van der Waals surface area contributed by atoms with Crippen molar-refractivity contribution in [2.24, 2.45) is 0 Å². The highest BCUT2D eigenvalue weighted by Gasteiger charge is 2.07. The van der Waals surface area contributed by atoms with E-state index in [9.17, 15) is 5.11 Å². The van der Waals surface area contributed by atoms with Crippen LogP contribution in [0.2, 0.25) is 0 Å². The first-order chi connectivity index (χ1) is 9.72. The Balaban J connectivity index is 1.80. The number of benzene rings is 1. The lowest BCUT2D eigenvalue weighted by atomic mass is 10.1. The third-order valence-electron chi connectivity index (χ3n) is 3.56. The van der Waals surface area contributed by atoms with Crippen LogP contribution in [0.5, 0.6) is 0 Å². The Labute approximate surface area is 124 Å². The van der Waals surface area contributed by atoms with Crippen LogP contribution in [0.1, 0.15) is 19.4 Å². The Hall–Kier alpha value is -0.940. The SMILES string of the molecule is CCN(CC)CCOC(O)Cc1ccc2cscc2c1. The predicted octanol–water partition coefficient (Wildman–Crippen LogP) is 3.12. The standard InChI is InChI=1S/C16H23NO2S/c1-3-17(4-2)7-8-19-16(18)10-13-5-6-14-11-20-12-15(14)9-13/h5-6,9,11-12,16,18H,3-4,7-8,10H2,1-2H3. The highest BCUT2D eigenvalue weighted by Crippen LogP contribution is 2.21. The van der Waals surface area contributed by atoms with Crippen molar-refractivity contribution in [3.8, 4) is 0 Å². The Morgan fingerprint density at radius 1 is 1.20 bits per heavy atom. The van der Waals surface area contributed by atoms with E-state index in [2.05, 4.69) is 47.7 Å². The van der Waals surface area contributed by atoms with Crippen molar-refractivity contribution in [1.82, 2.24) is 4.90 Å². The van der Waals surface area contributed by atoms with Gasteiger partial charge in [0.15, 0.2) is 6.29 Å². The van der Waals surface area contributed by atoms with Crippen LogP contribution in [0.4, 0.5) is 0 Å². The average Bonchev–Trinajstić information content (AvgIpc) is 2.91. The van der Waals surface area contributed by atoms with Gasteiger partial charge in [-0.3, -0.25) is 0 Å². The van der Waals surface area contributed by atoms with Gasteiger partial charge in [0.2, 0.25) is 0 Å². The van der Waals surface area contributed by atoms with Gasteiger partial charge in [0.25, 0.3) is 0 Å². The molecule has 0 aliphatic heterocycles. The predicted molar refractivity (Wildman–Crippen MR) is 85.3 cm³/mol. The second-order valence-electron chi connectivity index (χ2n) is 4.89. The smallest absolute Gasteiger partial charge is 0.158 e. The molecular formula is C16H23NO2S. The Morgan fingerprint density at radius 3 is 2.70 bits per heavy atom. The molecule has 0 spiro atoms. The van der Waals surface area contributed by atoms with E-state index in [-0.39, 0.29) is 0 Å². The summed E-state index contributed by atoms with van der Waals surface area (Å²) in [6.07, 6.45) is -0.175. The number of rotatable bonds is 8. The van der Waals surface area contributed by atoms with Gasteiger partial charge in [0.1, 0.15) is 0 Å². The number of ether oxygens (including phenoxy) is 1. The second kappa shape index (κ2) is 7.74. The minimum absolute atomic E-state index is 0.546. The van der Waals surface area contributed by atoms with E-state index >= 15 is 0 Å². The fraction of sp³-hybridized carbons (Fsp3) is 0.500. The van der Waals surface area contributed by atoms with Gasteiger partial charge in [-0.1, -0.05) is 32.0 Å². The van der Waals surface area contributed by atoms with Gasteiger partial charge in [0.05, 0.1) is 6.61 Å². The summed E-state index contributed by atoms with van der Waals surface area (Å²) in [4.78, 5) is 2.28. The first-order valence-electron chi connectivity index (χ1n) is 7.19. The van der Waals surface area contributed by atoms with Crippen LogP contribution in [-0.2, 0) is 11.2 Å². The maximum absolute atomic E-state index is 9.95. The van der Waals surface area contributed by atoms with Gasteiger partial charge >= 0.3 is 0 Å². The van der Waals surface area contributed by atoms with Crippen molar-refractivity contribution < 1.29 is 9.84 Å². The van der Waals surface area contributed by atoms with Crippen LogP contribution in [-0.4, -0.2) is 42.5 Å². The molecule has 1 N–H and O–H groups in total. The van der Waals surface area contributed by atoms with E-state index in [1.54, 1.807) is 11.3 Å². The molecule has 1 aromatic heterocycles. The summed E-state index contributed by atoms with van der Waals surface area (Å²) in [5, 5.41) is 16.7. The summed E-state index contributed by atoms with van der Waals surface area (Å²) in [7, 11) is 0. The number of fused-ring (bicyclic) bond motifs is 1. The van der Waals surface area contributed by atoms with Gasteiger partial charge in [-0.2, -0.15) is 11.3 Å². The first kappa shape index (κ1) is 15.4. The molecule has 0 aliphatic rings. The molecule has 110 valence electrons. The highest BCUT2D eigenvalue weighted by atomic mass is 32.1. The molecule has 0 bridgehead atoms. The Kier molecular flexibility index (Phi) is 5.98. The van der Waals surface area contributed by atoms with E-state index in [1.165, 1.54) is 10.8 Å². The van der Waals surface area contributed by atoms with Crippen molar-refractivity contribution in [3.63, 3.8) is 0 Å². The van der Waals surface area contributed by atoms with Crippen LogP contribution < -0.4 is 0 Å². The molecule has 0 radical (unpaired) electrons. The maximum Gasteiger partial charge on any atom is 0.158 e. The molecule has 1 unspecified atom stereocenters. The molecule has 0 fully saturated rings. The van der Waals surface area contributed by atoms with Crippen molar-refractivity contribution in [1.29, 1.82) is 0 Å². The molecular weight excluding hydrogens is 270 g/mol. The van der Waals surface area contributed by atoms with Crippen LogP contribution in [0.15, 0.2) is 29.0 Å². The maximum atomic E-state index is 9.95. The lowest BCUT2D eigenvalue weighted by Crippen LogP contribution is -2.29. The normalized spacial score (nSPS) is 13.2. The lowest BCUT2D eigenvalue weighted by molar-refractivity contribution is -0.101. The van der Waals surface area contributed by atoms with Crippen LogP contribution in [0, 0.1) is 0 Å². The minimum atomic E-state index is -0.721.